The summed E-state index contributed by atoms with van der Waals surface area (Å²) in [4.78, 5) is 30.9. The summed E-state index contributed by atoms with van der Waals surface area (Å²) in [7, 11) is 3.53. The first-order valence-electron chi connectivity index (χ1n) is 10.8. The first-order valence-corrected chi connectivity index (χ1v) is 10.8. The summed E-state index contributed by atoms with van der Waals surface area (Å²) < 4.78 is 5.33. The summed E-state index contributed by atoms with van der Waals surface area (Å²) in [6, 6.07) is 17.7. The molecule has 0 bridgehead atoms. The van der Waals surface area contributed by atoms with Crippen LogP contribution in [0.3, 0.4) is 0 Å². The van der Waals surface area contributed by atoms with Crippen molar-refractivity contribution < 1.29 is 14.3 Å². The second-order valence-corrected chi connectivity index (χ2v) is 8.86. The lowest BCUT2D eigenvalue weighted by Gasteiger charge is -2.73. The highest BCUT2D eigenvalue weighted by Crippen LogP contribution is 2.68. The number of amides is 2. The number of nitrogens with zero attached hydrogens (tertiary/aromatic N) is 2. The topological polar surface area (TPSA) is 49.9 Å². The first kappa shape index (κ1) is 19.2. The fourth-order valence-electron chi connectivity index (χ4n) is 6.19. The maximum atomic E-state index is 13.8. The molecule has 2 aromatic rings. The quantitative estimate of drug-likeness (QED) is 0.573. The molecule has 0 radical (unpaired) electrons. The third-order valence-electron chi connectivity index (χ3n) is 7.65. The number of hydrogen-bond donors (Lipinski definition) is 0. The molecular formula is C25H28N2O3. The molecule has 5 rings (SSSR count). The highest BCUT2D eigenvalue weighted by atomic mass is 16.5. The fraction of sp³-hybridized carbons (Fsp3) is 0.440. The van der Waals surface area contributed by atoms with E-state index in [1.807, 2.05) is 71.4 Å². The van der Waals surface area contributed by atoms with E-state index in [-0.39, 0.29) is 23.4 Å². The van der Waals surface area contributed by atoms with Crippen molar-refractivity contribution in [2.24, 2.45) is 5.41 Å². The average molecular weight is 405 g/mol. The van der Waals surface area contributed by atoms with Gasteiger partial charge in [0.05, 0.1) is 18.7 Å². The van der Waals surface area contributed by atoms with Crippen LogP contribution in [0.15, 0.2) is 54.6 Å². The minimum absolute atomic E-state index is 0.00262. The Morgan fingerprint density at radius 3 is 2.23 bits per heavy atom. The van der Waals surface area contributed by atoms with E-state index < -0.39 is 5.41 Å². The summed E-state index contributed by atoms with van der Waals surface area (Å²) >= 11 is 0. The zero-order chi connectivity index (χ0) is 20.9. The molecule has 30 heavy (non-hydrogen) atoms. The van der Waals surface area contributed by atoms with E-state index in [0.717, 1.165) is 42.6 Å². The molecule has 2 heterocycles. The lowest BCUT2D eigenvalue weighted by Crippen LogP contribution is -2.88. The van der Waals surface area contributed by atoms with Crippen LogP contribution in [0.1, 0.15) is 49.3 Å². The van der Waals surface area contributed by atoms with Crippen LogP contribution in [0.5, 0.6) is 5.75 Å². The van der Waals surface area contributed by atoms with Gasteiger partial charge in [0.25, 0.3) is 0 Å². The molecule has 1 saturated carbocycles. The molecule has 2 spiro atoms. The third kappa shape index (κ3) is 2.29. The standard InChI is InChI=1S/C25H28N2O3/c1-26-22(28)25(24(26)15-7-4-8-16-24)21(19-11-13-20(30-2)14-12-19)27(23(25)29)17-18-9-5-3-6-10-18/h3,5-6,9-14,21H,4,7-8,15-17H2,1-2H3/t21-,25+/m1/s1. The maximum absolute atomic E-state index is 13.8. The predicted molar refractivity (Wildman–Crippen MR) is 114 cm³/mol. The third-order valence-corrected chi connectivity index (χ3v) is 7.65. The minimum Gasteiger partial charge on any atom is -0.497 e. The molecule has 2 aliphatic heterocycles. The van der Waals surface area contributed by atoms with E-state index in [1.165, 1.54) is 6.42 Å². The van der Waals surface area contributed by atoms with E-state index in [4.69, 9.17) is 4.74 Å². The van der Waals surface area contributed by atoms with Gasteiger partial charge in [0.1, 0.15) is 5.75 Å². The predicted octanol–water partition coefficient (Wildman–Crippen LogP) is 3.94. The zero-order valence-corrected chi connectivity index (χ0v) is 17.6. The van der Waals surface area contributed by atoms with Crippen molar-refractivity contribution in [2.45, 2.75) is 50.2 Å². The number of carbonyl (C=O) groups excluding carboxylic acids is 2. The largest absolute Gasteiger partial charge is 0.497 e. The molecule has 2 amide bonds. The Morgan fingerprint density at radius 2 is 1.60 bits per heavy atom. The van der Waals surface area contributed by atoms with Crippen molar-refractivity contribution in [1.82, 2.24) is 9.80 Å². The van der Waals surface area contributed by atoms with Crippen LogP contribution < -0.4 is 4.74 Å². The molecule has 2 saturated heterocycles. The smallest absolute Gasteiger partial charge is 0.244 e. The van der Waals surface area contributed by atoms with Crippen LogP contribution in [-0.4, -0.2) is 41.3 Å². The fourth-order valence-corrected chi connectivity index (χ4v) is 6.19. The van der Waals surface area contributed by atoms with Gasteiger partial charge >= 0.3 is 0 Å². The summed E-state index contributed by atoms with van der Waals surface area (Å²) in [5.41, 5.74) is 0.790. The molecule has 2 atom stereocenters. The highest BCUT2D eigenvalue weighted by molar-refractivity contribution is 6.16. The minimum atomic E-state index is -0.953. The van der Waals surface area contributed by atoms with E-state index in [9.17, 15) is 9.59 Å². The maximum Gasteiger partial charge on any atom is 0.244 e. The summed E-state index contributed by atoms with van der Waals surface area (Å²) in [5.74, 6) is 0.759. The molecule has 1 aliphatic carbocycles. The molecule has 0 aromatic heterocycles. The van der Waals surface area contributed by atoms with Gasteiger partial charge in [-0.2, -0.15) is 0 Å². The van der Waals surface area contributed by atoms with Crippen LogP contribution in [0.4, 0.5) is 0 Å². The number of β-lactam (4-membered cyclic amide) rings is 2. The van der Waals surface area contributed by atoms with Gasteiger partial charge in [-0.1, -0.05) is 61.7 Å². The lowest BCUT2D eigenvalue weighted by molar-refractivity contribution is -0.242. The number of methoxy groups -OCH3 is 1. The van der Waals surface area contributed by atoms with E-state index in [2.05, 4.69) is 0 Å². The lowest BCUT2D eigenvalue weighted by atomic mass is 9.46. The molecule has 0 unspecified atom stereocenters. The van der Waals surface area contributed by atoms with E-state index in [0.29, 0.717) is 6.54 Å². The molecule has 5 nitrogen and oxygen atoms in total. The van der Waals surface area contributed by atoms with Crippen molar-refractivity contribution in [3.63, 3.8) is 0 Å². The SMILES string of the molecule is COc1ccc([C@H]2N(Cc3ccccc3)C(=O)[C@@]23C(=O)N(C)C32CCCCC2)cc1. The average Bonchev–Trinajstić information content (AvgIpc) is 2.81. The molecule has 0 N–H and O–H groups in total. The molecule has 2 aromatic carbocycles. The Balaban J connectivity index is 1.59. The van der Waals surface area contributed by atoms with Crippen LogP contribution >= 0.6 is 0 Å². The van der Waals surface area contributed by atoms with Gasteiger partial charge in [0, 0.05) is 13.6 Å². The zero-order valence-electron chi connectivity index (χ0n) is 17.6. The van der Waals surface area contributed by atoms with Crippen LogP contribution in [0.25, 0.3) is 0 Å². The Hall–Kier alpha value is -2.82. The summed E-state index contributed by atoms with van der Waals surface area (Å²) in [6.07, 6.45) is 5.13. The normalized spacial score (nSPS) is 27.2. The second-order valence-electron chi connectivity index (χ2n) is 8.86. The van der Waals surface area contributed by atoms with Crippen molar-refractivity contribution in [2.75, 3.05) is 14.2 Å². The van der Waals surface area contributed by atoms with Gasteiger partial charge in [-0.05, 0) is 36.1 Å². The van der Waals surface area contributed by atoms with Gasteiger partial charge in [-0.25, -0.2) is 0 Å². The number of rotatable bonds is 4. The molecule has 5 heteroatoms. The first-order chi connectivity index (χ1) is 14.6. The van der Waals surface area contributed by atoms with Gasteiger partial charge in [-0.15, -0.1) is 0 Å². The van der Waals surface area contributed by atoms with Crippen molar-refractivity contribution in [3.8, 4) is 5.75 Å². The Kier molecular flexibility index (Phi) is 4.38. The number of fused-ring (bicyclic) bond motifs is 1. The molecule has 156 valence electrons. The number of benzene rings is 2. The molecule has 3 fully saturated rings. The number of likely N-dealkylation sites (tertiary alicyclic amines) is 2. The van der Waals surface area contributed by atoms with Crippen molar-refractivity contribution >= 4 is 11.8 Å². The Bertz CT molecular complexity index is 966. The van der Waals surface area contributed by atoms with Crippen LogP contribution in [-0.2, 0) is 16.1 Å². The van der Waals surface area contributed by atoms with Gasteiger partial charge in [-0.3, -0.25) is 9.59 Å². The number of ether oxygens (including phenoxy) is 1. The Labute approximate surface area is 177 Å². The van der Waals surface area contributed by atoms with E-state index >= 15 is 0 Å². The van der Waals surface area contributed by atoms with Crippen molar-refractivity contribution in [3.05, 3.63) is 65.7 Å². The van der Waals surface area contributed by atoms with Gasteiger partial charge in [0.15, 0.2) is 5.41 Å². The second kappa shape index (κ2) is 6.86. The van der Waals surface area contributed by atoms with Gasteiger partial charge in [0.2, 0.25) is 11.8 Å². The Morgan fingerprint density at radius 1 is 0.933 bits per heavy atom. The van der Waals surface area contributed by atoms with Crippen molar-refractivity contribution in [1.29, 1.82) is 0 Å². The van der Waals surface area contributed by atoms with Crippen LogP contribution in [0.2, 0.25) is 0 Å². The number of carbonyl (C=O) groups is 2. The molecular weight excluding hydrogens is 376 g/mol. The number of hydrogen-bond acceptors (Lipinski definition) is 3. The van der Waals surface area contributed by atoms with Gasteiger partial charge < -0.3 is 14.5 Å². The van der Waals surface area contributed by atoms with E-state index in [1.54, 1.807) is 7.11 Å². The monoisotopic (exact) mass is 404 g/mol. The summed E-state index contributed by atoms with van der Waals surface area (Å²) in [6.45, 7) is 0.519. The highest BCUT2D eigenvalue weighted by Gasteiger charge is 2.83. The summed E-state index contributed by atoms with van der Waals surface area (Å²) in [5, 5.41) is 0. The molecule has 3 aliphatic rings. The van der Waals surface area contributed by atoms with Crippen LogP contribution in [0, 0.1) is 5.41 Å².